The Labute approximate surface area is 247 Å². The van der Waals surface area contributed by atoms with Crippen LogP contribution in [-0.4, -0.2) is 70.7 Å². The van der Waals surface area contributed by atoms with E-state index in [4.69, 9.17) is 9.84 Å². The predicted molar refractivity (Wildman–Crippen MR) is 159 cm³/mol. The maximum atomic E-state index is 12.9. The van der Waals surface area contributed by atoms with Crippen molar-refractivity contribution in [1.82, 2.24) is 16.0 Å². The van der Waals surface area contributed by atoms with Gasteiger partial charge in [0.2, 0.25) is 11.8 Å². The number of rotatable bonds is 15. The first-order chi connectivity index (χ1) is 19.4. The number of aliphatic hydroxyl groups excluding tert-OH is 1. The zero-order valence-electron chi connectivity index (χ0n) is 24.7. The standard InChI is InChI=1S/C30H47N3O7S/c1-30(2,3)40-29(39)33-24(18-21-8-6-5-7-9-21)25(34)19-26(35)32-23(14-15-27(36)37)28(38)31-17-16-20-10-12-22(41-4)13-11-20/h10-13,21,23-25,34H,5-9,14-19H2,1-4H3,(H,31,38)(H,32,35)(H,33,39)(H,36,37)/t23-,24-,25-/m0/s1. The lowest BCUT2D eigenvalue weighted by atomic mass is 9.83. The largest absolute Gasteiger partial charge is 0.481 e. The van der Waals surface area contributed by atoms with Gasteiger partial charge >= 0.3 is 12.1 Å². The van der Waals surface area contributed by atoms with Gasteiger partial charge in [-0.3, -0.25) is 14.4 Å². The Morgan fingerprint density at radius 1 is 1.05 bits per heavy atom. The SMILES string of the molecule is CSc1ccc(CCNC(=O)[C@H](CCC(=O)O)NC(=O)C[C@H](O)[C@H](CC2CCCCC2)NC(=O)OC(C)(C)C)cc1. The minimum absolute atomic E-state index is 0.0902. The third-order valence-corrected chi connectivity index (χ3v) is 7.79. The fourth-order valence-corrected chi connectivity index (χ4v) is 5.33. The second-order valence-electron chi connectivity index (χ2n) is 11.7. The zero-order valence-corrected chi connectivity index (χ0v) is 25.6. The lowest BCUT2D eigenvalue weighted by molar-refractivity contribution is -0.138. The van der Waals surface area contributed by atoms with Crippen LogP contribution in [0, 0.1) is 5.92 Å². The van der Waals surface area contributed by atoms with Gasteiger partial charge in [0.15, 0.2) is 0 Å². The number of benzene rings is 1. The van der Waals surface area contributed by atoms with Crippen LogP contribution in [0.3, 0.4) is 0 Å². The molecule has 1 fully saturated rings. The summed E-state index contributed by atoms with van der Waals surface area (Å²) in [7, 11) is 0. The molecule has 0 bridgehead atoms. The van der Waals surface area contributed by atoms with Crippen molar-refractivity contribution in [1.29, 1.82) is 0 Å². The first-order valence-corrected chi connectivity index (χ1v) is 15.7. The second-order valence-corrected chi connectivity index (χ2v) is 12.6. The molecule has 10 nitrogen and oxygen atoms in total. The number of aliphatic carboxylic acids is 1. The molecule has 230 valence electrons. The number of carboxylic acids is 1. The summed E-state index contributed by atoms with van der Waals surface area (Å²) in [5, 5.41) is 28.3. The Hall–Kier alpha value is -2.79. The van der Waals surface area contributed by atoms with E-state index in [0.717, 1.165) is 42.6 Å². The lowest BCUT2D eigenvalue weighted by Gasteiger charge is -2.31. The van der Waals surface area contributed by atoms with Crippen LogP contribution < -0.4 is 16.0 Å². The number of amides is 3. The van der Waals surface area contributed by atoms with Crippen LogP contribution >= 0.6 is 11.8 Å². The van der Waals surface area contributed by atoms with Crippen LogP contribution in [0.2, 0.25) is 0 Å². The van der Waals surface area contributed by atoms with Crippen molar-refractivity contribution in [2.45, 2.75) is 114 Å². The van der Waals surface area contributed by atoms with Gasteiger partial charge in [-0.15, -0.1) is 11.8 Å². The van der Waals surface area contributed by atoms with Crippen LogP contribution in [0.4, 0.5) is 4.79 Å². The molecule has 0 aromatic heterocycles. The summed E-state index contributed by atoms with van der Waals surface area (Å²) < 4.78 is 5.37. The molecule has 0 heterocycles. The van der Waals surface area contributed by atoms with Gasteiger partial charge in [0.1, 0.15) is 11.6 Å². The third-order valence-electron chi connectivity index (χ3n) is 7.04. The van der Waals surface area contributed by atoms with Crippen molar-refractivity contribution < 1.29 is 34.1 Å². The molecule has 0 saturated heterocycles. The second kappa shape index (κ2) is 17.2. The van der Waals surface area contributed by atoms with E-state index in [-0.39, 0.29) is 19.3 Å². The number of ether oxygens (including phenoxy) is 1. The minimum atomic E-state index is -1.21. The molecular weight excluding hydrogens is 546 g/mol. The molecule has 1 aliphatic rings. The molecule has 1 aromatic rings. The first-order valence-electron chi connectivity index (χ1n) is 14.5. The maximum absolute atomic E-state index is 12.9. The molecule has 0 unspecified atom stereocenters. The molecule has 0 radical (unpaired) electrons. The number of hydrogen-bond donors (Lipinski definition) is 5. The van der Waals surface area contributed by atoms with Crippen LogP contribution in [0.1, 0.15) is 84.1 Å². The van der Waals surface area contributed by atoms with E-state index in [9.17, 15) is 24.3 Å². The molecule has 0 aliphatic heterocycles. The summed E-state index contributed by atoms with van der Waals surface area (Å²) in [6.45, 7) is 5.56. The highest BCUT2D eigenvalue weighted by molar-refractivity contribution is 7.98. The van der Waals surface area contributed by atoms with E-state index in [0.29, 0.717) is 25.3 Å². The number of alkyl carbamates (subject to hydrolysis) is 1. The van der Waals surface area contributed by atoms with Gasteiger partial charge in [0, 0.05) is 17.9 Å². The van der Waals surface area contributed by atoms with E-state index in [1.165, 1.54) is 0 Å². The van der Waals surface area contributed by atoms with Crippen molar-refractivity contribution in [2.24, 2.45) is 5.92 Å². The predicted octanol–water partition coefficient (Wildman–Crippen LogP) is 4.03. The Bertz CT molecular complexity index is 991. The van der Waals surface area contributed by atoms with Crippen LogP contribution in [0.15, 0.2) is 29.2 Å². The van der Waals surface area contributed by atoms with Gasteiger partial charge < -0.3 is 30.9 Å². The Balaban J connectivity index is 1.99. The molecule has 11 heteroatoms. The van der Waals surface area contributed by atoms with Crippen molar-refractivity contribution in [3.63, 3.8) is 0 Å². The highest BCUT2D eigenvalue weighted by Gasteiger charge is 2.30. The van der Waals surface area contributed by atoms with Crippen molar-refractivity contribution in [3.8, 4) is 0 Å². The van der Waals surface area contributed by atoms with E-state index in [1.54, 1.807) is 32.5 Å². The average Bonchev–Trinajstić information content (AvgIpc) is 2.90. The maximum Gasteiger partial charge on any atom is 0.407 e. The highest BCUT2D eigenvalue weighted by atomic mass is 32.2. The Morgan fingerprint density at radius 2 is 1.71 bits per heavy atom. The van der Waals surface area contributed by atoms with E-state index >= 15 is 0 Å². The van der Waals surface area contributed by atoms with Gasteiger partial charge in [-0.1, -0.05) is 44.2 Å². The molecule has 41 heavy (non-hydrogen) atoms. The smallest absolute Gasteiger partial charge is 0.407 e. The van der Waals surface area contributed by atoms with E-state index < -0.39 is 47.7 Å². The number of carboxylic acid groups (broad SMARTS) is 1. The molecule has 1 saturated carbocycles. The fourth-order valence-electron chi connectivity index (χ4n) is 4.92. The molecule has 5 N–H and O–H groups in total. The summed E-state index contributed by atoms with van der Waals surface area (Å²) in [6.07, 6.45) is 5.77. The monoisotopic (exact) mass is 593 g/mol. The first kappa shape index (κ1) is 34.4. The third kappa shape index (κ3) is 14.1. The molecule has 1 aromatic carbocycles. The van der Waals surface area contributed by atoms with Gasteiger partial charge in [-0.25, -0.2) is 4.79 Å². The van der Waals surface area contributed by atoms with Crippen molar-refractivity contribution in [3.05, 3.63) is 29.8 Å². The van der Waals surface area contributed by atoms with Crippen LogP contribution in [-0.2, 0) is 25.5 Å². The molecule has 3 atom stereocenters. The van der Waals surface area contributed by atoms with Gasteiger partial charge in [0.25, 0.3) is 0 Å². The summed E-state index contributed by atoms with van der Waals surface area (Å²) in [5.41, 5.74) is 0.323. The highest BCUT2D eigenvalue weighted by Crippen LogP contribution is 2.28. The summed E-state index contributed by atoms with van der Waals surface area (Å²) in [5.74, 6) is -1.86. The number of nitrogens with one attached hydrogen (secondary N) is 3. The normalized spacial score (nSPS) is 16.2. The number of thioether (sulfide) groups is 1. The minimum Gasteiger partial charge on any atom is -0.481 e. The Kier molecular flexibility index (Phi) is 14.5. The molecule has 0 spiro atoms. The summed E-state index contributed by atoms with van der Waals surface area (Å²) in [4.78, 5) is 50.6. The molecular formula is C30H47N3O7S. The fraction of sp³-hybridized carbons (Fsp3) is 0.667. The average molecular weight is 594 g/mol. The van der Waals surface area contributed by atoms with Crippen LogP contribution in [0.25, 0.3) is 0 Å². The van der Waals surface area contributed by atoms with Gasteiger partial charge in [0.05, 0.1) is 18.6 Å². The van der Waals surface area contributed by atoms with Crippen LogP contribution in [0.5, 0.6) is 0 Å². The van der Waals surface area contributed by atoms with Crippen molar-refractivity contribution in [2.75, 3.05) is 12.8 Å². The van der Waals surface area contributed by atoms with E-state index in [2.05, 4.69) is 16.0 Å². The molecule has 1 aliphatic carbocycles. The number of carbonyl (C=O) groups is 4. The van der Waals surface area contributed by atoms with Gasteiger partial charge in [-0.2, -0.15) is 0 Å². The van der Waals surface area contributed by atoms with E-state index in [1.807, 2.05) is 30.5 Å². The summed E-state index contributed by atoms with van der Waals surface area (Å²) >= 11 is 1.64. The molecule has 3 amide bonds. The quantitative estimate of drug-likeness (QED) is 0.191. The van der Waals surface area contributed by atoms with Gasteiger partial charge in [-0.05, 0) is 69.9 Å². The topological polar surface area (TPSA) is 154 Å². The zero-order chi connectivity index (χ0) is 30.4. The van der Waals surface area contributed by atoms with Crippen molar-refractivity contribution >= 4 is 35.6 Å². The lowest BCUT2D eigenvalue weighted by Crippen LogP contribution is -2.51. The number of aliphatic hydroxyl groups is 1. The molecule has 2 rings (SSSR count). The Morgan fingerprint density at radius 3 is 2.29 bits per heavy atom. The summed E-state index contributed by atoms with van der Waals surface area (Å²) in [6, 6.07) is 6.20. The number of carbonyl (C=O) groups excluding carboxylic acids is 3. The number of hydrogen-bond acceptors (Lipinski definition) is 7.